The molecule has 0 bridgehead atoms. The van der Waals surface area contributed by atoms with Gasteiger partial charge in [0.15, 0.2) is 5.11 Å². The molecule has 0 unspecified atom stereocenters. The van der Waals surface area contributed by atoms with Crippen LogP contribution < -0.4 is 5.32 Å². The van der Waals surface area contributed by atoms with E-state index in [2.05, 4.69) is 27.3 Å². The van der Waals surface area contributed by atoms with Gasteiger partial charge in [-0.3, -0.25) is 4.98 Å². The van der Waals surface area contributed by atoms with Crippen LogP contribution in [-0.2, 0) is 6.54 Å². The van der Waals surface area contributed by atoms with E-state index in [-0.39, 0.29) is 12.1 Å². The van der Waals surface area contributed by atoms with Crippen LogP contribution in [0.3, 0.4) is 0 Å². The highest BCUT2D eigenvalue weighted by atomic mass is 32.1. The average Bonchev–Trinajstić information content (AvgIpc) is 3.25. The number of hydrogen-bond donors (Lipinski definition) is 1. The monoisotopic (exact) mass is 335 g/mol. The lowest BCUT2D eigenvalue weighted by Gasteiger charge is -2.26. The van der Waals surface area contributed by atoms with Crippen LogP contribution in [0.5, 0.6) is 0 Å². The number of benzene rings is 1. The molecule has 1 aliphatic heterocycles. The van der Waals surface area contributed by atoms with Crippen LogP contribution in [0.25, 0.3) is 0 Å². The van der Waals surface area contributed by atoms with Gasteiger partial charge in [-0.05, 0) is 42.0 Å². The first kappa shape index (κ1) is 14.9. The Bertz CT molecular complexity index is 805. The molecule has 1 saturated heterocycles. The van der Waals surface area contributed by atoms with Gasteiger partial charge < -0.3 is 14.6 Å². The summed E-state index contributed by atoms with van der Waals surface area (Å²) >= 11 is 5.61. The van der Waals surface area contributed by atoms with Gasteiger partial charge in [0.05, 0.1) is 18.0 Å². The molecule has 1 N–H and O–H groups in total. The number of nitrogens with one attached hydrogen (secondary N) is 1. The number of nitrogens with zero attached hydrogens (tertiary/aromatic N) is 2. The van der Waals surface area contributed by atoms with Gasteiger partial charge in [0.25, 0.3) is 0 Å². The van der Waals surface area contributed by atoms with Crippen molar-refractivity contribution in [3.8, 4) is 0 Å². The average molecular weight is 335 g/mol. The minimum atomic E-state index is -0.0337. The van der Waals surface area contributed by atoms with Gasteiger partial charge >= 0.3 is 0 Å². The number of rotatable bonds is 4. The summed E-state index contributed by atoms with van der Waals surface area (Å²) in [6.07, 6.45) is 3.51. The van der Waals surface area contributed by atoms with Gasteiger partial charge in [0, 0.05) is 12.7 Å². The topological polar surface area (TPSA) is 41.3 Å². The highest BCUT2D eigenvalue weighted by molar-refractivity contribution is 7.80. The first-order valence-corrected chi connectivity index (χ1v) is 8.29. The van der Waals surface area contributed by atoms with Crippen molar-refractivity contribution in [2.24, 2.45) is 0 Å². The summed E-state index contributed by atoms with van der Waals surface area (Å²) in [7, 11) is 0. The Hall–Kier alpha value is -2.66. The fourth-order valence-corrected chi connectivity index (χ4v) is 3.43. The minimum absolute atomic E-state index is 0.0254. The van der Waals surface area contributed by atoms with Crippen molar-refractivity contribution in [1.82, 2.24) is 15.2 Å². The van der Waals surface area contributed by atoms with E-state index in [1.54, 1.807) is 12.5 Å². The van der Waals surface area contributed by atoms with Gasteiger partial charge in [-0.2, -0.15) is 0 Å². The van der Waals surface area contributed by atoms with Gasteiger partial charge in [0.1, 0.15) is 11.8 Å². The van der Waals surface area contributed by atoms with E-state index in [0.29, 0.717) is 0 Å². The molecule has 0 saturated carbocycles. The molecule has 3 heterocycles. The summed E-state index contributed by atoms with van der Waals surface area (Å²) in [6.45, 7) is 0.724. The lowest BCUT2D eigenvalue weighted by molar-refractivity contribution is 0.267. The molecule has 1 aliphatic rings. The fourth-order valence-electron chi connectivity index (χ4n) is 3.12. The van der Waals surface area contributed by atoms with Crippen LogP contribution in [-0.4, -0.2) is 15.0 Å². The van der Waals surface area contributed by atoms with Crippen LogP contribution >= 0.6 is 12.2 Å². The molecule has 24 heavy (non-hydrogen) atoms. The molecule has 0 aliphatic carbocycles. The second kappa shape index (κ2) is 6.45. The molecular weight excluding hydrogens is 318 g/mol. The summed E-state index contributed by atoms with van der Waals surface area (Å²) in [5, 5.41) is 4.13. The molecule has 4 nitrogen and oxygen atoms in total. The summed E-state index contributed by atoms with van der Waals surface area (Å²) in [6, 6.07) is 20.1. The zero-order valence-corrected chi connectivity index (χ0v) is 13.8. The standard InChI is InChI=1S/C19H17N3OS/c24-19-21-17(15-9-4-5-11-20-15)18(16-10-6-12-23-16)22(19)13-14-7-2-1-3-8-14/h1-12,17-18H,13H2,(H,21,24)/t17-,18+/m1/s1. The van der Waals surface area contributed by atoms with Crippen molar-refractivity contribution in [3.05, 3.63) is 90.1 Å². The summed E-state index contributed by atoms with van der Waals surface area (Å²) in [5.41, 5.74) is 2.16. The van der Waals surface area contributed by atoms with Gasteiger partial charge in [-0.15, -0.1) is 0 Å². The van der Waals surface area contributed by atoms with Gasteiger partial charge in [-0.25, -0.2) is 0 Å². The third-order valence-corrected chi connectivity index (χ3v) is 4.58. The molecule has 0 radical (unpaired) electrons. The molecule has 2 aromatic heterocycles. The lowest BCUT2D eigenvalue weighted by atomic mass is 10.0. The molecule has 120 valence electrons. The van der Waals surface area contributed by atoms with Crippen LogP contribution in [0.15, 0.2) is 77.5 Å². The van der Waals surface area contributed by atoms with Crippen molar-refractivity contribution in [2.45, 2.75) is 18.6 Å². The van der Waals surface area contributed by atoms with Crippen LogP contribution in [0.2, 0.25) is 0 Å². The van der Waals surface area contributed by atoms with E-state index in [1.807, 2.05) is 48.5 Å². The first-order chi connectivity index (χ1) is 11.8. The number of furan rings is 1. The molecule has 2 atom stereocenters. The first-order valence-electron chi connectivity index (χ1n) is 7.88. The fraction of sp³-hybridized carbons (Fsp3) is 0.158. The Balaban J connectivity index is 1.71. The highest BCUT2D eigenvalue weighted by Crippen LogP contribution is 2.39. The van der Waals surface area contributed by atoms with Crippen molar-refractivity contribution in [2.75, 3.05) is 0 Å². The van der Waals surface area contributed by atoms with Crippen molar-refractivity contribution < 1.29 is 4.42 Å². The van der Waals surface area contributed by atoms with Crippen LogP contribution in [0.1, 0.15) is 29.1 Å². The minimum Gasteiger partial charge on any atom is -0.467 e. The highest BCUT2D eigenvalue weighted by Gasteiger charge is 2.41. The largest absolute Gasteiger partial charge is 0.467 e. The van der Waals surface area contributed by atoms with Crippen molar-refractivity contribution in [3.63, 3.8) is 0 Å². The number of hydrogen-bond acceptors (Lipinski definition) is 3. The Morgan fingerprint density at radius 1 is 1.04 bits per heavy atom. The Morgan fingerprint density at radius 2 is 1.88 bits per heavy atom. The van der Waals surface area contributed by atoms with Crippen LogP contribution in [0.4, 0.5) is 0 Å². The van der Waals surface area contributed by atoms with Crippen molar-refractivity contribution >= 4 is 17.3 Å². The van der Waals surface area contributed by atoms with Crippen molar-refractivity contribution in [1.29, 1.82) is 0 Å². The van der Waals surface area contributed by atoms with E-state index in [9.17, 15) is 0 Å². The maximum Gasteiger partial charge on any atom is 0.170 e. The SMILES string of the molecule is S=C1N[C@H](c2ccccn2)[C@H](c2ccco2)N1Cc1ccccc1. The Labute approximate surface area is 146 Å². The predicted octanol–water partition coefficient (Wildman–Crippen LogP) is 3.85. The molecular formula is C19H17N3OS. The normalized spacial score (nSPS) is 20.2. The quantitative estimate of drug-likeness (QED) is 0.734. The van der Waals surface area contributed by atoms with E-state index in [0.717, 1.165) is 23.1 Å². The molecule has 1 aromatic carbocycles. The summed E-state index contributed by atoms with van der Waals surface area (Å²) in [4.78, 5) is 6.68. The zero-order chi connectivity index (χ0) is 16.4. The lowest BCUT2D eigenvalue weighted by Crippen LogP contribution is -2.28. The Morgan fingerprint density at radius 3 is 2.58 bits per heavy atom. The number of thiocarbonyl (C=S) groups is 1. The van der Waals surface area contributed by atoms with Crippen LogP contribution in [0, 0.1) is 0 Å². The van der Waals surface area contributed by atoms with E-state index in [4.69, 9.17) is 16.6 Å². The Kier molecular flexibility index (Phi) is 4.01. The van der Waals surface area contributed by atoms with Gasteiger partial charge in [0.2, 0.25) is 0 Å². The predicted molar refractivity (Wildman–Crippen MR) is 96.1 cm³/mol. The molecule has 0 amide bonds. The maximum atomic E-state index is 5.72. The molecule has 4 rings (SSSR count). The number of pyridine rings is 1. The third kappa shape index (κ3) is 2.78. The second-order valence-electron chi connectivity index (χ2n) is 5.76. The van der Waals surface area contributed by atoms with E-state index >= 15 is 0 Å². The zero-order valence-electron chi connectivity index (χ0n) is 13.0. The number of aromatic nitrogens is 1. The molecule has 3 aromatic rings. The summed E-state index contributed by atoms with van der Waals surface area (Å²) in [5.74, 6) is 0.883. The maximum absolute atomic E-state index is 5.72. The molecule has 0 spiro atoms. The molecule has 5 heteroatoms. The molecule has 1 fully saturated rings. The third-order valence-electron chi connectivity index (χ3n) is 4.23. The van der Waals surface area contributed by atoms with E-state index in [1.165, 1.54) is 5.56 Å². The van der Waals surface area contributed by atoms with E-state index < -0.39 is 0 Å². The summed E-state index contributed by atoms with van der Waals surface area (Å²) < 4.78 is 5.72. The smallest absolute Gasteiger partial charge is 0.170 e. The second-order valence-corrected chi connectivity index (χ2v) is 6.14. The van der Waals surface area contributed by atoms with Gasteiger partial charge in [-0.1, -0.05) is 36.4 Å².